The Labute approximate surface area is 111 Å². The lowest BCUT2D eigenvalue weighted by Gasteiger charge is -2.40. The summed E-state index contributed by atoms with van der Waals surface area (Å²) in [4.78, 5) is 14.8. The fourth-order valence-corrected chi connectivity index (χ4v) is 3.70. The van der Waals surface area contributed by atoms with Crippen LogP contribution in [-0.4, -0.2) is 29.9 Å². The molecule has 1 aliphatic carbocycles. The number of nitrogens with two attached hydrogens (primary N) is 1. The quantitative estimate of drug-likeness (QED) is 0.820. The van der Waals surface area contributed by atoms with Gasteiger partial charge in [0.15, 0.2) is 0 Å². The van der Waals surface area contributed by atoms with Crippen molar-refractivity contribution in [2.75, 3.05) is 13.1 Å². The lowest BCUT2D eigenvalue weighted by molar-refractivity contribution is -0.141. The Morgan fingerprint density at radius 2 is 2.00 bits per heavy atom. The van der Waals surface area contributed by atoms with Gasteiger partial charge in [0.05, 0.1) is 0 Å². The molecule has 1 aliphatic heterocycles. The first-order valence-electron chi connectivity index (χ1n) is 7.62. The molecule has 3 heteroatoms. The van der Waals surface area contributed by atoms with E-state index in [0.29, 0.717) is 17.9 Å². The molecule has 2 aliphatic rings. The Balaban J connectivity index is 1.94. The summed E-state index contributed by atoms with van der Waals surface area (Å²) in [5.74, 6) is 2.01. The molecule has 0 aromatic heterocycles. The van der Waals surface area contributed by atoms with Crippen LogP contribution < -0.4 is 5.73 Å². The van der Waals surface area contributed by atoms with Crippen LogP contribution in [0.5, 0.6) is 0 Å². The van der Waals surface area contributed by atoms with E-state index in [-0.39, 0.29) is 5.92 Å². The number of carbonyl (C=O) groups is 1. The average molecular weight is 252 g/mol. The van der Waals surface area contributed by atoms with Gasteiger partial charge < -0.3 is 10.6 Å². The van der Waals surface area contributed by atoms with Crippen LogP contribution in [-0.2, 0) is 4.79 Å². The van der Waals surface area contributed by atoms with Gasteiger partial charge in [0.1, 0.15) is 0 Å². The third kappa shape index (κ3) is 3.05. The number of likely N-dealkylation sites (tertiary alicyclic amines) is 1. The topological polar surface area (TPSA) is 46.3 Å². The Kier molecular flexibility index (Phi) is 4.66. The predicted octanol–water partition coefficient (Wildman–Crippen LogP) is 2.40. The highest BCUT2D eigenvalue weighted by molar-refractivity contribution is 5.79. The maximum absolute atomic E-state index is 12.6. The van der Waals surface area contributed by atoms with Gasteiger partial charge in [0.2, 0.25) is 5.91 Å². The maximum atomic E-state index is 12.6. The zero-order valence-corrected chi connectivity index (χ0v) is 11.9. The molecule has 104 valence electrons. The highest BCUT2D eigenvalue weighted by atomic mass is 16.2. The van der Waals surface area contributed by atoms with E-state index in [4.69, 9.17) is 5.73 Å². The minimum absolute atomic E-state index is 0.253. The highest BCUT2D eigenvalue weighted by Gasteiger charge is 2.33. The molecular formula is C15H28N2O. The lowest BCUT2D eigenvalue weighted by atomic mass is 9.80. The first-order valence-corrected chi connectivity index (χ1v) is 7.62. The van der Waals surface area contributed by atoms with Gasteiger partial charge in [-0.3, -0.25) is 4.79 Å². The summed E-state index contributed by atoms with van der Waals surface area (Å²) in [7, 11) is 0. The molecule has 0 aromatic carbocycles. The van der Waals surface area contributed by atoms with E-state index in [1.54, 1.807) is 0 Å². The molecule has 2 N–H and O–H groups in total. The third-order valence-electron chi connectivity index (χ3n) is 4.89. The predicted molar refractivity (Wildman–Crippen MR) is 74.1 cm³/mol. The van der Waals surface area contributed by atoms with Crippen molar-refractivity contribution in [3.05, 3.63) is 0 Å². The number of amides is 1. The second kappa shape index (κ2) is 6.05. The summed E-state index contributed by atoms with van der Waals surface area (Å²) >= 11 is 0. The number of rotatable bonds is 2. The molecule has 1 amide bonds. The first kappa shape index (κ1) is 13.9. The van der Waals surface area contributed by atoms with Crippen molar-refractivity contribution in [2.24, 2.45) is 23.5 Å². The molecule has 2 fully saturated rings. The minimum atomic E-state index is 0.253. The summed E-state index contributed by atoms with van der Waals surface area (Å²) in [5, 5.41) is 0. The number of hydrogen-bond donors (Lipinski definition) is 1. The molecule has 1 saturated heterocycles. The lowest BCUT2D eigenvalue weighted by Crippen LogP contribution is -2.47. The zero-order chi connectivity index (χ0) is 13.1. The van der Waals surface area contributed by atoms with Gasteiger partial charge in [-0.2, -0.15) is 0 Å². The summed E-state index contributed by atoms with van der Waals surface area (Å²) in [6.45, 7) is 6.21. The largest absolute Gasteiger partial charge is 0.340 e. The molecule has 4 unspecified atom stereocenters. The normalized spacial score (nSPS) is 37.6. The van der Waals surface area contributed by atoms with E-state index in [9.17, 15) is 4.79 Å². The molecule has 0 aromatic rings. The second-order valence-corrected chi connectivity index (χ2v) is 6.48. The van der Waals surface area contributed by atoms with Crippen LogP contribution in [0.3, 0.4) is 0 Å². The van der Waals surface area contributed by atoms with Crippen LogP contribution in [0.15, 0.2) is 0 Å². The van der Waals surface area contributed by atoms with E-state index in [0.717, 1.165) is 31.8 Å². The van der Waals surface area contributed by atoms with E-state index in [2.05, 4.69) is 18.7 Å². The number of piperidine rings is 1. The van der Waals surface area contributed by atoms with Crippen molar-refractivity contribution in [3.8, 4) is 0 Å². The van der Waals surface area contributed by atoms with Crippen LogP contribution >= 0.6 is 0 Å². The fourth-order valence-electron chi connectivity index (χ4n) is 3.70. The Morgan fingerprint density at radius 1 is 1.22 bits per heavy atom. The fraction of sp³-hybridized carbons (Fsp3) is 0.933. The summed E-state index contributed by atoms with van der Waals surface area (Å²) < 4.78 is 0. The van der Waals surface area contributed by atoms with Gasteiger partial charge in [0.25, 0.3) is 0 Å². The van der Waals surface area contributed by atoms with E-state index in [1.807, 2.05) is 0 Å². The SMILES string of the molecule is CC1CCN(C(=O)C2CCCC(CN)C2)C(C)C1. The molecule has 3 nitrogen and oxygen atoms in total. The van der Waals surface area contributed by atoms with Gasteiger partial charge in [-0.15, -0.1) is 0 Å². The summed E-state index contributed by atoms with van der Waals surface area (Å²) in [6.07, 6.45) is 6.83. The molecular weight excluding hydrogens is 224 g/mol. The molecule has 2 rings (SSSR count). The van der Waals surface area contributed by atoms with E-state index >= 15 is 0 Å². The standard InChI is InChI=1S/C15H28N2O/c1-11-6-7-17(12(2)8-11)15(18)14-5-3-4-13(9-14)10-16/h11-14H,3-10,16H2,1-2H3. The molecule has 1 saturated carbocycles. The van der Waals surface area contributed by atoms with Crippen molar-refractivity contribution < 1.29 is 4.79 Å². The van der Waals surface area contributed by atoms with Crippen LogP contribution in [0.4, 0.5) is 0 Å². The Bertz CT molecular complexity index is 292. The van der Waals surface area contributed by atoms with Gasteiger partial charge in [-0.1, -0.05) is 13.3 Å². The van der Waals surface area contributed by atoms with Gasteiger partial charge in [-0.05, 0) is 57.4 Å². The first-order chi connectivity index (χ1) is 8.61. The molecule has 18 heavy (non-hydrogen) atoms. The smallest absolute Gasteiger partial charge is 0.225 e. The second-order valence-electron chi connectivity index (χ2n) is 6.48. The highest BCUT2D eigenvalue weighted by Crippen LogP contribution is 2.32. The van der Waals surface area contributed by atoms with Gasteiger partial charge in [-0.25, -0.2) is 0 Å². The van der Waals surface area contributed by atoms with E-state index < -0.39 is 0 Å². The molecule has 0 radical (unpaired) electrons. The zero-order valence-electron chi connectivity index (χ0n) is 11.9. The number of carbonyl (C=O) groups excluding carboxylic acids is 1. The maximum Gasteiger partial charge on any atom is 0.225 e. The molecule has 0 spiro atoms. The van der Waals surface area contributed by atoms with Crippen LogP contribution in [0.1, 0.15) is 52.4 Å². The van der Waals surface area contributed by atoms with E-state index in [1.165, 1.54) is 25.7 Å². The Morgan fingerprint density at radius 3 is 2.67 bits per heavy atom. The van der Waals surface area contributed by atoms with Crippen LogP contribution in [0.25, 0.3) is 0 Å². The van der Waals surface area contributed by atoms with Crippen molar-refractivity contribution in [1.82, 2.24) is 4.90 Å². The third-order valence-corrected chi connectivity index (χ3v) is 4.89. The van der Waals surface area contributed by atoms with Crippen LogP contribution in [0, 0.1) is 17.8 Å². The minimum Gasteiger partial charge on any atom is -0.340 e. The molecule has 4 atom stereocenters. The van der Waals surface area contributed by atoms with Crippen molar-refractivity contribution in [2.45, 2.75) is 58.4 Å². The van der Waals surface area contributed by atoms with Crippen molar-refractivity contribution in [3.63, 3.8) is 0 Å². The summed E-state index contributed by atoms with van der Waals surface area (Å²) in [5.41, 5.74) is 5.76. The number of hydrogen-bond acceptors (Lipinski definition) is 2. The average Bonchev–Trinajstić information content (AvgIpc) is 2.38. The van der Waals surface area contributed by atoms with Crippen LogP contribution in [0.2, 0.25) is 0 Å². The van der Waals surface area contributed by atoms with Gasteiger partial charge in [0, 0.05) is 18.5 Å². The van der Waals surface area contributed by atoms with Crippen molar-refractivity contribution >= 4 is 5.91 Å². The van der Waals surface area contributed by atoms with Gasteiger partial charge >= 0.3 is 0 Å². The summed E-state index contributed by atoms with van der Waals surface area (Å²) in [6, 6.07) is 0.430. The van der Waals surface area contributed by atoms with Crippen molar-refractivity contribution in [1.29, 1.82) is 0 Å². The number of nitrogens with zero attached hydrogens (tertiary/aromatic N) is 1. The monoisotopic (exact) mass is 252 g/mol. The molecule has 0 bridgehead atoms. The Hall–Kier alpha value is -0.570. The molecule has 1 heterocycles.